The van der Waals surface area contributed by atoms with Gasteiger partial charge in [0.25, 0.3) is 0 Å². The fourth-order valence-electron chi connectivity index (χ4n) is 2.40. The molecule has 2 atom stereocenters. The Labute approximate surface area is 101 Å². The molecule has 1 saturated carbocycles. The monoisotopic (exact) mass is 237 g/mol. The van der Waals surface area contributed by atoms with Crippen molar-refractivity contribution in [2.45, 2.75) is 38.8 Å². The van der Waals surface area contributed by atoms with Gasteiger partial charge in [0.05, 0.1) is 0 Å². The lowest BCUT2D eigenvalue weighted by Gasteiger charge is -2.13. The van der Waals surface area contributed by atoms with Crippen LogP contribution in [-0.2, 0) is 6.54 Å². The summed E-state index contributed by atoms with van der Waals surface area (Å²) in [5.41, 5.74) is 0.611. The van der Waals surface area contributed by atoms with Gasteiger partial charge in [0.1, 0.15) is 0 Å². The highest BCUT2D eigenvalue weighted by molar-refractivity contribution is 5.52. The molecule has 2 unspecified atom stereocenters. The van der Waals surface area contributed by atoms with Gasteiger partial charge in [0.2, 0.25) is 5.75 Å². The van der Waals surface area contributed by atoms with Crippen LogP contribution in [0.15, 0.2) is 12.1 Å². The molecule has 1 aromatic rings. The Morgan fingerprint density at radius 2 is 1.94 bits per heavy atom. The van der Waals surface area contributed by atoms with Crippen LogP contribution in [0.1, 0.15) is 31.7 Å². The SMILES string of the molecule is CC1CCC(NCc2ccc(O)c(O)c2O)C1. The third-order valence-electron chi connectivity index (χ3n) is 3.49. The Morgan fingerprint density at radius 3 is 2.59 bits per heavy atom. The lowest BCUT2D eigenvalue weighted by Crippen LogP contribution is -2.25. The molecule has 0 radical (unpaired) electrons. The van der Waals surface area contributed by atoms with E-state index in [2.05, 4.69) is 12.2 Å². The highest BCUT2D eigenvalue weighted by Crippen LogP contribution is 2.37. The summed E-state index contributed by atoms with van der Waals surface area (Å²) in [4.78, 5) is 0. The lowest BCUT2D eigenvalue weighted by molar-refractivity contribution is 0.363. The Balaban J connectivity index is 1.97. The van der Waals surface area contributed by atoms with Gasteiger partial charge in [-0.15, -0.1) is 0 Å². The first-order chi connectivity index (χ1) is 8.08. The molecule has 1 aliphatic carbocycles. The maximum absolute atomic E-state index is 9.65. The van der Waals surface area contributed by atoms with Crippen LogP contribution in [-0.4, -0.2) is 21.4 Å². The van der Waals surface area contributed by atoms with Gasteiger partial charge in [-0.05, 0) is 31.2 Å². The maximum atomic E-state index is 9.65. The summed E-state index contributed by atoms with van der Waals surface area (Å²) in [7, 11) is 0. The zero-order valence-electron chi connectivity index (χ0n) is 9.98. The molecule has 4 N–H and O–H groups in total. The van der Waals surface area contributed by atoms with E-state index in [1.165, 1.54) is 12.5 Å². The summed E-state index contributed by atoms with van der Waals surface area (Å²) in [6.45, 7) is 2.75. The molecule has 2 rings (SSSR count). The van der Waals surface area contributed by atoms with Crippen molar-refractivity contribution in [3.8, 4) is 17.2 Å². The molecule has 0 aromatic heterocycles. The number of phenolic OH excluding ortho intramolecular Hbond substituents is 3. The normalized spacial score (nSPS) is 24.1. The van der Waals surface area contributed by atoms with Crippen molar-refractivity contribution in [1.29, 1.82) is 0 Å². The topological polar surface area (TPSA) is 72.7 Å². The minimum Gasteiger partial charge on any atom is -0.504 e. The predicted molar refractivity (Wildman–Crippen MR) is 65.1 cm³/mol. The molecule has 1 aliphatic rings. The van der Waals surface area contributed by atoms with Gasteiger partial charge in [-0.2, -0.15) is 0 Å². The largest absolute Gasteiger partial charge is 0.504 e. The van der Waals surface area contributed by atoms with E-state index in [0.717, 1.165) is 18.8 Å². The van der Waals surface area contributed by atoms with Crippen LogP contribution in [0.3, 0.4) is 0 Å². The van der Waals surface area contributed by atoms with Crippen LogP contribution in [0.2, 0.25) is 0 Å². The second-order valence-corrected chi connectivity index (χ2v) is 4.94. The Kier molecular flexibility index (Phi) is 3.43. The lowest BCUT2D eigenvalue weighted by atomic mass is 10.1. The smallest absolute Gasteiger partial charge is 0.200 e. The van der Waals surface area contributed by atoms with Crippen molar-refractivity contribution >= 4 is 0 Å². The third kappa shape index (κ3) is 2.64. The number of aromatic hydroxyl groups is 3. The van der Waals surface area contributed by atoms with E-state index in [-0.39, 0.29) is 11.5 Å². The summed E-state index contributed by atoms with van der Waals surface area (Å²) < 4.78 is 0. The van der Waals surface area contributed by atoms with E-state index in [9.17, 15) is 15.3 Å². The van der Waals surface area contributed by atoms with Crippen LogP contribution >= 0.6 is 0 Å². The summed E-state index contributed by atoms with van der Waals surface area (Å²) in [5.74, 6) is -0.206. The average molecular weight is 237 g/mol. The van der Waals surface area contributed by atoms with Crippen LogP contribution in [0, 0.1) is 5.92 Å². The van der Waals surface area contributed by atoms with Gasteiger partial charge in [-0.25, -0.2) is 0 Å². The van der Waals surface area contributed by atoms with E-state index < -0.39 is 5.75 Å². The summed E-state index contributed by atoms with van der Waals surface area (Å²) in [5, 5.41) is 31.6. The molecule has 4 nitrogen and oxygen atoms in total. The number of benzene rings is 1. The zero-order valence-corrected chi connectivity index (χ0v) is 9.98. The first-order valence-electron chi connectivity index (χ1n) is 6.04. The second kappa shape index (κ2) is 4.84. The summed E-state index contributed by atoms with van der Waals surface area (Å²) >= 11 is 0. The molecule has 1 fully saturated rings. The number of nitrogens with one attached hydrogen (secondary N) is 1. The molecule has 0 amide bonds. The second-order valence-electron chi connectivity index (χ2n) is 4.94. The Morgan fingerprint density at radius 1 is 1.18 bits per heavy atom. The predicted octanol–water partition coefficient (Wildman–Crippen LogP) is 2.08. The molecule has 1 aromatic carbocycles. The van der Waals surface area contributed by atoms with Gasteiger partial charge in [-0.3, -0.25) is 0 Å². The number of hydrogen-bond acceptors (Lipinski definition) is 4. The maximum Gasteiger partial charge on any atom is 0.200 e. The van der Waals surface area contributed by atoms with E-state index in [0.29, 0.717) is 18.2 Å². The van der Waals surface area contributed by atoms with Crippen molar-refractivity contribution in [2.75, 3.05) is 0 Å². The summed E-state index contributed by atoms with van der Waals surface area (Å²) in [6.07, 6.45) is 3.56. The van der Waals surface area contributed by atoms with Crippen molar-refractivity contribution < 1.29 is 15.3 Å². The van der Waals surface area contributed by atoms with Crippen molar-refractivity contribution in [3.05, 3.63) is 17.7 Å². The number of rotatable bonds is 3. The molecule has 0 aliphatic heterocycles. The molecule has 0 saturated heterocycles. The van der Waals surface area contributed by atoms with E-state index >= 15 is 0 Å². The first-order valence-corrected chi connectivity index (χ1v) is 6.04. The first kappa shape index (κ1) is 12.0. The molecule has 94 valence electrons. The quantitative estimate of drug-likeness (QED) is 0.607. The van der Waals surface area contributed by atoms with Crippen LogP contribution < -0.4 is 5.32 Å². The fraction of sp³-hybridized carbons (Fsp3) is 0.538. The fourth-order valence-corrected chi connectivity index (χ4v) is 2.40. The van der Waals surface area contributed by atoms with Gasteiger partial charge in [-0.1, -0.05) is 13.0 Å². The van der Waals surface area contributed by atoms with Crippen molar-refractivity contribution in [2.24, 2.45) is 5.92 Å². The van der Waals surface area contributed by atoms with Gasteiger partial charge in [0.15, 0.2) is 11.5 Å². The molecular weight excluding hydrogens is 218 g/mol. The number of phenols is 3. The minimum atomic E-state index is -0.441. The molecule has 4 heteroatoms. The van der Waals surface area contributed by atoms with Crippen molar-refractivity contribution in [1.82, 2.24) is 5.32 Å². The molecular formula is C13H19NO3. The van der Waals surface area contributed by atoms with E-state index in [1.54, 1.807) is 6.07 Å². The average Bonchev–Trinajstić information content (AvgIpc) is 2.71. The highest BCUT2D eigenvalue weighted by atomic mass is 16.3. The highest BCUT2D eigenvalue weighted by Gasteiger charge is 2.21. The molecule has 17 heavy (non-hydrogen) atoms. The Bertz CT molecular complexity index is 406. The van der Waals surface area contributed by atoms with Gasteiger partial charge < -0.3 is 20.6 Å². The summed E-state index contributed by atoms with van der Waals surface area (Å²) in [6, 6.07) is 3.50. The van der Waals surface area contributed by atoms with E-state index in [4.69, 9.17) is 0 Å². The number of hydrogen-bond donors (Lipinski definition) is 4. The zero-order chi connectivity index (χ0) is 12.4. The Hall–Kier alpha value is -1.42. The van der Waals surface area contributed by atoms with Gasteiger partial charge in [0, 0.05) is 18.2 Å². The standard InChI is InChI=1S/C13H19NO3/c1-8-2-4-10(6-8)14-7-9-3-5-11(15)13(17)12(9)16/h3,5,8,10,14-17H,2,4,6-7H2,1H3. The van der Waals surface area contributed by atoms with Crippen LogP contribution in [0.4, 0.5) is 0 Å². The minimum absolute atomic E-state index is 0.233. The van der Waals surface area contributed by atoms with Crippen molar-refractivity contribution in [3.63, 3.8) is 0 Å². The molecule has 0 spiro atoms. The molecule has 0 bridgehead atoms. The van der Waals surface area contributed by atoms with Crippen LogP contribution in [0.25, 0.3) is 0 Å². The third-order valence-corrected chi connectivity index (χ3v) is 3.49. The van der Waals surface area contributed by atoms with Gasteiger partial charge >= 0.3 is 0 Å². The van der Waals surface area contributed by atoms with Crippen LogP contribution in [0.5, 0.6) is 17.2 Å². The van der Waals surface area contributed by atoms with E-state index in [1.807, 2.05) is 0 Å². The molecule has 0 heterocycles.